The van der Waals surface area contributed by atoms with Crippen molar-refractivity contribution in [2.75, 3.05) is 19.6 Å². The Hall–Kier alpha value is -1.54. The fourth-order valence-corrected chi connectivity index (χ4v) is 2.27. The Kier molecular flexibility index (Phi) is 4.59. The number of hydrogen-bond donors (Lipinski definition) is 0. The van der Waals surface area contributed by atoms with Crippen molar-refractivity contribution >= 4 is 0 Å². The highest BCUT2D eigenvalue weighted by Gasteiger charge is 2.05. The zero-order valence-corrected chi connectivity index (χ0v) is 11.3. The fraction of sp³-hybridized carbons (Fsp3) is 0.375. The third kappa shape index (κ3) is 3.02. The van der Waals surface area contributed by atoms with Gasteiger partial charge in [0.1, 0.15) is 0 Å². The fourth-order valence-electron chi connectivity index (χ4n) is 2.27. The molecule has 2 nitrogen and oxygen atoms in total. The minimum Gasteiger partial charge on any atom is -0.321 e. The van der Waals surface area contributed by atoms with E-state index in [0.717, 1.165) is 26.1 Å². The molecule has 2 heteroatoms. The van der Waals surface area contributed by atoms with E-state index in [-0.39, 0.29) is 0 Å². The summed E-state index contributed by atoms with van der Waals surface area (Å²) in [5.74, 6) is 0. The molecule has 0 amide bonds. The SMILES string of the molecule is CCN(CC)CCc1cccn1-c1ccccc1. The highest BCUT2D eigenvalue weighted by Crippen LogP contribution is 2.13. The van der Waals surface area contributed by atoms with Crippen molar-refractivity contribution in [1.29, 1.82) is 0 Å². The van der Waals surface area contributed by atoms with Gasteiger partial charge in [0.15, 0.2) is 0 Å². The van der Waals surface area contributed by atoms with Crippen molar-refractivity contribution in [3.63, 3.8) is 0 Å². The second-order valence-electron chi connectivity index (χ2n) is 4.48. The summed E-state index contributed by atoms with van der Waals surface area (Å²) in [4.78, 5) is 2.46. The van der Waals surface area contributed by atoms with Gasteiger partial charge in [0, 0.05) is 30.5 Å². The summed E-state index contributed by atoms with van der Waals surface area (Å²) >= 11 is 0. The van der Waals surface area contributed by atoms with Crippen LogP contribution in [0.2, 0.25) is 0 Å². The molecule has 1 aromatic heterocycles. The molecule has 0 fully saturated rings. The van der Waals surface area contributed by atoms with Crippen LogP contribution in [-0.2, 0) is 6.42 Å². The molecular weight excluding hydrogens is 220 g/mol. The first-order chi connectivity index (χ1) is 8.85. The maximum atomic E-state index is 2.46. The molecule has 2 rings (SSSR count). The minimum absolute atomic E-state index is 1.10. The van der Waals surface area contributed by atoms with E-state index in [9.17, 15) is 0 Å². The van der Waals surface area contributed by atoms with E-state index in [1.807, 2.05) is 0 Å². The highest BCUT2D eigenvalue weighted by molar-refractivity contribution is 5.34. The van der Waals surface area contributed by atoms with Crippen LogP contribution in [0.1, 0.15) is 19.5 Å². The van der Waals surface area contributed by atoms with Gasteiger partial charge in [-0.2, -0.15) is 0 Å². The lowest BCUT2D eigenvalue weighted by molar-refractivity contribution is 0.306. The normalized spacial score (nSPS) is 11.1. The molecule has 0 saturated heterocycles. The number of aromatic nitrogens is 1. The van der Waals surface area contributed by atoms with Gasteiger partial charge in [-0.05, 0) is 37.4 Å². The van der Waals surface area contributed by atoms with Crippen LogP contribution in [0.4, 0.5) is 0 Å². The Morgan fingerprint density at radius 3 is 2.33 bits per heavy atom. The number of rotatable bonds is 6. The van der Waals surface area contributed by atoms with Crippen molar-refractivity contribution < 1.29 is 0 Å². The molecule has 0 spiro atoms. The van der Waals surface area contributed by atoms with E-state index < -0.39 is 0 Å². The number of nitrogens with zero attached hydrogens (tertiary/aromatic N) is 2. The lowest BCUT2D eigenvalue weighted by atomic mass is 10.2. The molecule has 0 saturated carbocycles. The summed E-state index contributed by atoms with van der Waals surface area (Å²) in [6.07, 6.45) is 3.25. The van der Waals surface area contributed by atoms with Gasteiger partial charge in [0.2, 0.25) is 0 Å². The maximum Gasteiger partial charge on any atom is 0.0452 e. The van der Waals surface area contributed by atoms with Gasteiger partial charge in [-0.15, -0.1) is 0 Å². The van der Waals surface area contributed by atoms with Crippen LogP contribution >= 0.6 is 0 Å². The second-order valence-corrected chi connectivity index (χ2v) is 4.48. The van der Waals surface area contributed by atoms with Gasteiger partial charge < -0.3 is 9.47 Å². The van der Waals surface area contributed by atoms with E-state index in [0.29, 0.717) is 0 Å². The van der Waals surface area contributed by atoms with Gasteiger partial charge in [0.05, 0.1) is 0 Å². The first-order valence-electron chi connectivity index (χ1n) is 6.79. The largest absolute Gasteiger partial charge is 0.321 e. The number of benzene rings is 1. The van der Waals surface area contributed by atoms with Gasteiger partial charge in [-0.1, -0.05) is 32.0 Å². The van der Waals surface area contributed by atoms with Crippen LogP contribution in [0.15, 0.2) is 48.7 Å². The molecule has 0 aliphatic rings. The summed E-state index contributed by atoms with van der Waals surface area (Å²) in [7, 11) is 0. The monoisotopic (exact) mass is 242 g/mol. The number of likely N-dealkylation sites (N-methyl/N-ethyl adjacent to an activating group) is 1. The van der Waals surface area contributed by atoms with Crippen LogP contribution in [0.5, 0.6) is 0 Å². The van der Waals surface area contributed by atoms with E-state index in [2.05, 4.69) is 72.0 Å². The van der Waals surface area contributed by atoms with Crippen molar-refractivity contribution in [3.05, 3.63) is 54.4 Å². The van der Waals surface area contributed by atoms with Crippen molar-refractivity contribution in [3.8, 4) is 5.69 Å². The Morgan fingerprint density at radius 1 is 0.944 bits per heavy atom. The summed E-state index contributed by atoms with van der Waals surface area (Å²) in [5, 5.41) is 0. The van der Waals surface area contributed by atoms with Crippen LogP contribution in [0.25, 0.3) is 5.69 Å². The van der Waals surface area contributed by atoms with E-state index in [1.54, 1.807) is 0 Å². The lowest BCUT2D eigenvalue weighted by Crippen LogP contribution is -2.25. The van der Waals surface area contributed by atoms with Crippen LogP contribution in [-0.4, -0.2) is 29.1 Å². The molecule has 0 bridgehead atoms. The molecule has 0 radical (unpaired) electrons. The Bertz CT molecular complexity index is 455. The number of para-hydroxylation sites is 1. The predicted octanol–water partition coefficient (Wildman–Crippen LogP) is 3.36. The van der Waals surface area contributed by atoms with E-state index in [4.69, 9.17) is 0 Å². The topological polar surface area (TPSA) is 8.17 Å². The van der Waals surface area contributed by atoms with E-state index in [1.165, 1.54) is 11.4 Å². The van der Waals surface area contributed by atoms with E-state index >= 15 is 0 Å². The molecule has 2 aromatic rings. The Morgan fingerprint density at radius 2 is 1.67 bits per heavy atom. The molecule has 1 heterocycles. The number of hydrogen-bond acceptors (Lipinski definition) is 1. The summed E-state index contributed by atoms with van der Waals surface area (Å²) < 4.78 is 2.28. The molecule has 18 heavy (non-hydrogen) atoms. The average molecular weight is 242 g/mol. The molecule has 0 N–H and O–H groups in total. The highest BCUT2D eigenvalue weighted by atomic mass is 15.1. The molecule has 0 aliphatic heterocycles. The first-order valence-corrected chi connectivity index (χ1v) is 6.79. The average Bonchev–Trinajstić information content (AvgIpc) is 2.89. The molecule has 0 aliphatic carbocycles. The Balaban J connectivity index is 2.09. The first kappa shape index (κ1) is 12.9. The zero-order chi connectivity index (χ0) is 12.8. The van der Waals surface area contributed by atoms with Crippen LogP contribution in [0, 0.1) is 0 Å². The molecule has 96 valence electrons. The van der Waals surface area contributed by atoms with Crippen molar-refractivity contribution in [2.24, 2.45) is 0 Å². The van der Waals surface area contributed by atoms with Gasteiger partial charge in [0.25, 0.3) is 0 Å². The van der Waals surface area contributed by atoms with Gasteiger partial charge >= 0.3 is 0 Å². The molecular formula is C16H22N2. The van der Waals surface area contributed by atoms with Crippen molar-refractivity contribution in [1.82, 2.24) is 9.47 Å². The lowest BCUT2D eigenvalue weighted by Gasteiger charge is -2.18. The van der Waals surface area contributed by atoms with Crippen molar-refractivity contribution in [2.45, 2.75) is 20.3 Å². The van der Waals surface area contributed by atoms with Gasteiger partial charge in [-0.25, -0.2) is 0 Å². The Labute approximate surface area is 110 Å². The molecule has 0 unspecified atom stereocenters. The zero-order valence-electron chi connectivity index (χ0n) is 11.3. The van der Waals surface area contributed by atoms with Gasteiger partial charge in [-0.3, -0.25) is 0 Å². The molecule has 1 aromatic carbocycles. The summed E-state index contributed by atoms with van der Waals surface area (Å²) in [5.41, 5.74) is 2.63. The molecule has 0 atom stereocenters. The minimum atomic E-state index is 1.10. The third-order valence-corrected chi connectivity index (χ3v) is 3.45. The van der Waals surface area contributed by atoms with Crippen LogP contribution in [0.3, 0.4) is 0 Å². The standard InChI is InChI=1S/C16H22N2/c1-3-17(4-2)14-12-16-11-8-13-18(16)15-9-6-5-7-10-15/h5-11,13H,3-4,12,14H2,1-2H3. The smallest absolute Gasteiger partial charge is 0.0452 e. The van der Waals surface area contributed by atoms with Crippen LogP contribution < -0.4 is 0 Å². The summed E-state index contributed by atoms with van der Waals surface area (Å²) in [6.45, 7) is 7.83. The maximum absolute atomic E-state index is 2.46. The second kappa shape index (κ2) is 6.41. The summed E-state index contributed by atoms with van der Waals surface area (Å²) in [6, 6.07) is 14.9. The third-order valence-electron chi connectivity index (χ3n) is 3.45. The predicted molar refractivity (Wildman–Crippen MR) is 77.3 cm³/mol. The quantitative estimate of drug-likeness (QED) is 0.754.